The molecule has 2 heteroatoms. The van der Waals surface area contributed by atoms with Crippen LogP contribution in [-0.4, -0.2) is 6.54 Å². The maximum atomic E-state index is 6.01. The number of hydrogen-bond acceptors (Lipinski definition) is 1. The third kappa shape index (κ3) is 2.23. The maximum absolute atomic E-state index is 6.01. The zero-order chi connectivity index (χ0) is 8.97. The molecule has 0 amide bonds. The summed E-state index contributed by atoms with van der Waals surface area (Å²) in [6.07, 6.45) is 0.990. The predicted octanol–water partition coefficient (Wildman–Crippen LogP) is 2.79. The van der Waals surface area contributed by atoms with Gasteiger partial charge < -0.3 is 5.73 Å². The predicted molar refractivity (Wildman–Crippen MR) is 53.5 cm³/mol. The van der Waals surface area contributed by atoms with Crippen LogP contribution in [0.25, 0.3) is 0 Å². The Balaban J connectivity index is 2.79. The zero-order valence-electron chi connectivity index (χ0n) is 7.26. The Labute approximate surface area is 78.5 Å². The molecule has 0 fully saturated rings. The van der Waals surface area contributed by atoms with Gasteiger partial charge in [-0.2, -0.15) is 0 Å². The van der Waals surface area contributed by atoms with Crippen LogP contribution >= 0.6 is 11.6 Å². The summed E-state index contributed by atoms with van der Waals surface area (Å²) in [7, 11) is 0. The fraction of sp³-hybridized carbons (Fsp3) is 0.400. The van der Waals surface area contributed by atoms with Crippen LogP contribution < -0.4 is 5.73 Å². The Hall–Kier alpha value is -0.530. The Bertz CT molecular complexity index is 247. The van der Waals surface area contributed by atoms with E-state index in [1.165, 1.54) is 5.56 Å². The fourth-order valence-electron chi connectivity index (χ4n) is 1.28. The lowest BCUT2D eigenvalue weighted by molar-refractivity contribution is 0.690. The van der Waals surface area contributed by atoms with Crippen LogP contribution in [0.3, 0.4) is 0 Å². The summed E-state index contributed by atoms with van der Waals surface area (Å²) in [6, 6.07) is 7.93. The smallest absolute Gasteiger partial charge is 0.0440 e. The minimum absolute atomic E-state index is 0.462. The summed E-state index contributed by atoms with van der Waals surface area (Å²) >= 11 is 6.01. The Morgan fingerprint density at radius 3 is 2.67 bits per heavy atom. The van der Waals surface area contributed by atoms with Crippen molar-refractivity contribution in [3.8, 4) is 0 Å². The summed E-state index contributed by atoms with van der Waals surface area (Å²) in [5.41, 5.74) is 6.67. The molecule has 66 valence electrons. The third-order valence-electron chi connectivity index (χ3n) is 2.04. The van der Waals surface area contributed by atoms with Crippen molar-refractivity contribution in [3.05, 3.63) is 34.9 Å². The van der Waals surface area contributed by atoms with Crippen LogP contribution in [-0.2, 0) is 0 Å². The highest BCUT2D eigenvalue weighted by molar-refractivity contribution is 6.31. The van der Waals surface area contributed by atoms with Crippen molar-refractivity contribution in [2.24, 2.45) is 5.73 Å². The molecule has 0 aliphatic heterocycles. The van der Waals surface area contributed by atoms with Crippen molar-refractivity contribution < 1.29 is 0 Å². The van der Waals surface area contributed by atoms with Gasteiger partial charge in [-0.1, -0.05) is 36.7 Å². The Morgan fingerprint density at radius 2 is 2.08 bits per heavy atom. The summed E-state index contributed by atoms with van der Waals surface area (Å²) in [5.74, 6) is 0.462. The molecule has 0 radical (unpaired) electrons. The largest absolute Gasteiger partial charge is 0.330 e. The van der Waals surface area contributed by atoms with Crippen molar-refractivity contribution >= 4 is 11.6 Å². The van der Waals surface area contributed by atoms with Crippen molar-refractivity contribution in [1.29, 1.82) is 0 Å². The molecule has 12 heavy (non-hydrogen) atoms. The fourth-order valence-corrected chi connectivity index (χ4v) is 1.60. The molecule has 0 spiro atoms. The van der Waals surface area contributed by atoms with Gasteiger partial charge in [0.15, 0.2) is 0 Å². The van der Waals surface area contributed by atoms with Crippen LogP contribution in [0.15, 0.2) is 24.3 Å². The molecule has 0 heterocycles. The van der Waals surface area contributed by atoms with Gasteiger partial charge in [0.05, 0.1) is 0 Å². The van der Waals surface area contributed by atoms with Crippen molar-refractivity contribution in [1.82, 2.24) is 0 Å². The molecule has 2 N–H and O–H groups in total. The summed E-state index contributed by atoms with van der Waals surface area (Å²) in [5, 5.41) is 0.846. The quantitative estimate of drug-likeness (QED) is 0.767. The van der Waals surface area contributed by atoms with E-state index in [2.05, 4.69) is 13.0 Å². The van der Waals surface area contributed by atoms with Crippen molar-refractivity contribution in [2.45, 2.75) is 19.3 Å². The topological polar surface area (TPSA) is 26.0 Å². The third-order valence-corrected chi connectivity index (χ3v) is 2.38. The number of benzene rings is 1. The Kier molecular flexibility index (Phi) is 3.57. The van der Waals surface area contributed by atoms with E-state index < -0.39 is 0 Å². The van der Waals surface area contributed by atoms with Crippen LogP contribution in [0.4, 0.5) is 0 Å². The second kappa shape index (κ2) is 4.48. The molecule has 1 atom stereocenters. The van der Waals surface area contributed by atoms with Gasteiger partial charge in [-0.3, -0.25) is 0 Å². The first-order valence-corrected chi connectivity index (χ1v) is 4.58. The van der Waals surface area contributed by atoms with Gasteiger partial charge in [0.1, 0.15) is 0 Å². The highest BCUT2D eigenvalue weighted by atomic mass is 35.5. The summed E-state index contributed by atoms with van der Waals surface area (Å²) in [4.78, 5) is 0. The molecule has 0 saturated heterocycles. The average Bonchev–Trinajstić information content (AvgIpc) is 2.05. The van der Waals surface area contributed by atoms with E-state index in [1.54, 1.807) is 0 Å². The maximum Gasteiger partial charge on any atom is 0.0440 e. The first-order valence-electron chi connectivity index (χ1n) is 4.20. The molecule has 0 aliphatic carbocycles. The molecular formula is C10H14ClN. The number of halogens is 1. The second-order valence-electron chi connectivity index (χ2n) is 3.00. The highest BCUT2D eigenvalue weighted by Gasteiger charge is 2.06. The standard InChI is InChI=1S/C10H14ClN/c1-8(6-7-12)9-4-2-3-5-10(9)11/h2-5,8H,6-7,12H2,1H3/t8-/m1/s1. The van der Waals surface area contributed by atoms with Crippen molar-refractivity contribution in [3.63, 3.8) is 0 Å². The number of nitrogens with two attached hydrogens (primary N) is 1. The summed E-state index contributed by atoms with van der Waals surface area (Å²) in [6.45, 7) is 2.86. The Morgan fingerprint density at radius 1 is 1.42 bits per heavy atom. The lowest BCUT2D eigenvalue weighted by Crippen LogP contribution is -2.04. The van der Waals surface area contributed by atoms with Gasteiger partial charge in [-0.05, 0) is 30.5 Å². The van der Waals surface area contributed by atoms with Gasteiger partial charge in [0.2, 0.25) is 0 Å². The van der Waals surface area contributed by atoms with E-state index >= 15 is 0 Å². The van der Waals surface area contributed by atoms with Gasteiger partial charge in [0.25, 0.3) is 0 Å². The first kappa shape index (κ1) is 9.56. The molecule has 1 aromatic rings. The lowest BCUT2D eigenvalue weighted by Gasteiger charge is -2.11. The van der Waals surface area contributed by atoms with Gasteiger partial charge >= 0.3 is 0 Å². The van der Waals surface area contributed by atoms with E-state index in [1.807, 2.05) is 18.2 Å². The van der Waals surface area contributed by atoms with Crippen LogP contribution in [0.2, 0.25) is 5.02 Å². The zero-order valence-corrected chi connectivity index (χ0v) is 8.01. The van der Waals surface area contributed by atoms with E-state index in [9.17, 15) is 0 Å². The van der Waals surface area contributed by atoms with Crippen LogP contribution in [0.1, 0.15) is 24.8 Å². The van der Waals surface area contributed by atoms with Crippen LogP contribution in [0.5, 0.6) is 0 Å². The molecule has 0 bridgehead atoms. The van der Waals surface area contributed by atoms with Gasteiger partial charge in [0, 0.05) is 5.02 Å². The lowest BCUT2D eigenvalue weighted by atomic mass is 9.98. The minimum atomic E-state index is 0.462. The number of hydrogen-bond donors (Lipinski definition) is 1. The van der Waals surface area contributed by atoms with E-state index in [0.29, 0.717) is 12.5 Å². The van der Waals surface area contributed by atoms with Crippen molar-refractivity contribution in [2.75, 3.05) is 6.54 Å². The molecule has 1 aromatic carbocycles. The molecule has 0 saturated carbocycles. The van der Waals surface area contributed by atoms with E-state index in [4.69, 9.17) is 17.3 Å². The SMILES string of the molecule is C[C@H](CCN)c1ccccc1Cl. The molecule has 1 nitrogen and oxygen atoms in total. The molecule has 0 aromatic heterocycles. The molecule has 0 aliphatic rings. The van der Waals surface area contributed by atoms with E-state index in [0.717, 1.165) is 11.4 Å². The average molecular weight is 184 g/mol. The highest BCUT2D eigenvalue weighted by Crippen LogP contribution is 2.25. The second-order valence-corrected chi connectivity index (χ2v) is 3.41. The molecule has 1 rings (SSSR count). The number of rotatable bonds is 3. The first-order chi connectivity index (χ1) is 5.75. The molecular weight excluding hydrogens is 170 g/mol. The van der Waals surface area contributed by atoms with Gasteiger partial charge in [-0.15, -0.1) is 0 Å². The molecule has 0 unspecified atom stereocenters. The summed E-state index contributed by atoms with van der Waals surface area (Å²) < 4.78 is 0. The minimum Gasteiger partial charge on any atom is -0.330 e. The van der Waals surface area contributed by atoms with Gasteiger partial charge in [-0.25, -0.2) is 0 Å². The van der Waals surface area contributed by atoms with E-state index in [-0.39, 0.29) is 0 Å². The van der Waals surface area contributed by atoms with Crippen LogP contribution in [0, 0.1) is 0 Å². The normalized spacial score (nSPS) is 12.9. The monoisotopic (exact) mass is 183 g/mol.